The van der Waals surface area contributed by atoms with E-state index in [9.17, 15) is 4.79 Å². The van der Waals surface area contributed by atoms with Gasteiger partial charge in [0.25, 0.3) is 0 Å². The maximum Gasteiger partial charge on any atom is 0.164 e. The summed E-state index contributed by atoms with van der Waals surface area (Å²) in [6, 6.07) is 29.6. The number of aromatic nitrogens is 1. The molecule has 1 aliphatic rings. The normalized spacial score (nSPS) is 17.7. The molecule has 5 aromatic rings. The topological polar surface area (TPSA) is 32.9 Å². The van der Waals surface area contributed by atoms with Crippen molar-refractivity contribution >= 4 is 28.0 Å². The van der Waals surface area contributed by atoms with E-state index < -0.39 is 0 Å². The van der Waals surface area contributed by atoms with Crippen molar-refractivity contribution in [2.45, 2.75) is 25.2 Å². The Morgan fingerprint density at radius 2 is 1.72 bits per heavy atom. The highest BCUT2D eigenvalue weighted by atomic mass is 32.1. The predicted octanol–water partition coefficient (Wildman–Crippen LogP) is 7.65. The highest BCUT2D eigenvalue weighted by molar-refractivity contribution is 7.13. The van der Waals surface area contributed by atoms with Crippen LogP contribution in [0.15, 0.2) is 90.3 Å². The zero-order valence-corrected chi connectivity index (χ0v) is 18.7. The van der Waals surface area contributed by atoms with Crippen molar-refractivity contribution in [2.75, 3.05) is 0 Å². The first-order chi connectivity index (χ1) is 15.6. The molecule has 2 nitrogen and oxygen atoms in total. The maximum atomic E-state index is 13.0. The summed E-state index contributed by atoms with van der Waals surface area (Å²) in [4.78, 5) is 17.9. The van der Waals surface area contributed by atoms with Gasteiger partial charge < -0.3 is 4.98 Å². The second kappa shape index (κ2) is 7.32. The molecule has 0 spiro atoms. The summed E-state index contributed by atoms with van der Waals surface area (Å²) in [5, 5.41) is 3.34. The zero-order chi connectivity index (χ0) is 21.7. The molecule has 1 atom stereocenters. The predicted molar refractivity (Wildman–Crippen MR) is 133 cm³/mol. The van der Waals surface area contributed by atoms with Crippen LogP contribution in [0.4, 0.5) is 0 Å². The molecule has 2 aromatic heterocycles. The summed E-state index contributed by atoms with van der Waals surface area (Å²) in [6.45, 7) is 2.26. The van der Waals surface area contributed by atoms with Crippen LogP contribution in [0.1, 0.15) is 34.8 Å². The number of para-hydroxylation sites is 1. The number of carbonyl (C=O) groups excluding carboxylic acids is 1. The van der Waals surface area contributed by atoms with Gasteiger partial charge in [-0.15, -0.1) is 11.3 Å². The number of H-pyrrole nitrogens is 1. The van der Waals surface area contributed by atoms with Crippen molar-refractivity contribution in [1.82, 2.24) is 4.98 Å². The van der Waals surface area contributed by atoms with Crippen molar-refractivity contribution in [2.24, 2.45) is 0 Å². The Balaban J connectivity index is 1.51. The number of hydrogen-bond acceptors (Lipinski definition) is 2. The van der Waals surface area contributed by atoms with E-state index >= 15 is 0 Å². The molecular weight excluding hydrogens is 410 g/mol. The monoisotopic (exact) mass is 433 g/mol. The molecule has 3 aromatic carbocycles. The van der Waals surface area contributed by atoms with E-state index in [0.29, 0.717) is 6.42 Å². The molecule has 0 fully saturated rings. The Kier molecular flexibility index (Phi) is 4.41. The lowest BCUT2D eigenvalue weighted by Crippen LogP contribution is -2.22. The number of nitrogens with one attached hydrogen (secondary N) is 1. The Labute approximate surface area is 191 Å². The number of benzene rings is 3. The molecule has 1 N–H and O–H groups in total. The molecule has 0 aliphatic heterocycles. The van der Waals surface area contributed by atoms with Crippen LogP contribution >= 0.6 is 11.3 Å². The lowest BCUT2D eigenvalue weighted by atomic mass is 9.77. The standard InChI is InChI=1S/C29H23NOS/c1-29(18-26(31)22-14-13-20(16-24(22)29)27-12-7-15-32-27)17-23-21-10-5-6-11-25(21)30-28(23)19-8-3-2-4-9-19/h2-16,30H,17-18H2,1H3. The Bertz CT molecular complexity index is 1450. The number of ketones is 1. The van der Waals surface area contributed by atoms with Gasteiger partial charge >= 0.3 is 0 Å². The first-order valence-electron chi connectivity index (χ1n) is 11.0. The summed E-state index contributed by atoms with van der Waals surface area (Å²) in [5.41, 5.74) is 7.78. The van der Waals surface area contributed by atoms with E-state index in [0.717, 1.165) is 23.2 Å². The van der Waals surface area contributed by atoms with Crippen molar-refractivity contribution in [3.05, 3.63) is 107 Å². The lowest BCUT2D eigenvalue weighted by molar-refractivity contribution is 0.0976. The van der Waals surface area contributed by atoms with E-state index in [-0.39, 0.29) is 11.2 Å². The molecule has 1 unspecified atom stereocenters. The number of aromatic amines is 1. The smallest absolute Gasteiger partial charge is 0.164 e. The Hall–Kier alpha value is -3.43. The van der Waals surface area contributed by atoms with Crippen molar-refractivity contribution in [3.8, 4) is 21.7 Å². The van der Waals surface area contributed by atoms with E-state index in [1.165, 1.54) is 32.5 Å². The molecular formula is C29H23NOS. The second-order valence-electron chi connectivity index (χ2n) is 8.97. The van der Waals surface area contributed by atoms with Gasteiger partial charge in [0.05, 0.1) is 0 Å². The van der Waals surface area contributed by atoms with E-state index in [4.69, 9.17) is 0 Å². The number of fused-ring (bicyclic) bond motifs is 2. The minimum atomic E-state index is -0.242. The largest absolute Gasteiger partial charge is 0.354 e. The minimum Gasteiger partial charge on any atom is -0.354 e. The van der Waals surface area contributed by atoms with Gasteiger partial charge in [0, 0.05) is 38.9 Å². The van der Waals surface area contributed by atoms with E-state index in [1.54, 1.807) is 11.3 Å². The van der Waals surface area contributed by atoms with Crippen LogP contribution in [0.25, 0.3) is 32.6 Å². The van der Waals surface area contributed by atoms with Gasteiger partial charge in [-0.2, -0.15) is 0 Å². The van der Waals surface area contributed by atoms with Crippen LogP contribution < -0.4 is 0 Å². The lowest BCUT2D eigenvalue weighted by Gasteiger charge is -2.26. The third kappa shape index (κ3) is 3.04. The van der Waals surface area contributed by atoms with Crippen molar-refractivity contribution in [3.63, 3.8) is 0 Å². The van der Waals surface area contributed by atoms with Crippen LogP contribution in [-0.4, -0.2) is 10.8 Å². The first kappa shape index (κ1) is 19.3. The molecule has 6 rings (SSSR count). The fourth-order valence-corrected chi connectivity index (χ4v) is 5.93. The highest BCUT2D eigenvalue weighted by Gasteiger charge is 2.40. The van der Waals surface area contributed by atoms with Gasteiger partial charge in [-0.1, -0.05) is 73.7 Å². The van der Waals surface area contributed by atoms with Crippen molar-refractivity contribution in [1.29, 1.82) is 0 Å². The molecule has 32 heavy (non-hydrogen) atoms. The number of Topliss-reactive ketones (excluding diaryl/α,β-unsaturated/α-hetero) is 1. The molecule has 0 saturated heterocycles. The molecule has 1 aliphatic carbocycles. The average Bonchev–Trinajstić information content (AvgIpc) is 3.53. The van der Waals surface area contributed by atoms with Crippen LogP contribution in [0.5, 0.6) is 0 Å². The van der Waals surface area contributed by atoms with E-state index in [2.05, 4.69) is 90.1 Å². The summed E-state index contributed by atoms with van der Waals surface area (Å²) >= 11 is 1.74. The fraction of sp³-hybridized carbons (Fsp3) is 0.138. The van der Waals surface area contributed by atoms with Crippen molar-refractivity contribution < 1.29 is 4.79 Å². The number of thiophene rings is 1. The average molecular weight is 434 g/mol. The molecule has 0 bridgehead atoms. The Morgan fingerprint density at radius 1 is 0.906 bits per heavy atom. The first-order valence-corrected chi connectivity index (χ1v) is 11.9. The molecule has 3 heteroatoms. The van der Waals surface area contributed by atoms with Gasteiger partial charge in [-0.05, 0) is 52.3 Å². The van der Waals surface area contributed by atoms with Crippen LogP contribution in [0.3, 0.4) is 0 Å². The Morgan fingerprint density at radius 3 is 2.53 bits per heavy atom. The summed E-state index contributed by atoms with van der Waals surface area (Å²) < 4.78 is 0. The highest BCUT2D eigenvalue weighted by Crippen LogP contribution is 2.45. The number of carbonyl (C=O) groups is 1. The fourth-order valence-electron chi connectivity index (χ4n) is 5.21. The van der Waals surface area contributed by atoms with Crippen LogP contribution in [-0.2, 0) is 11.8 Å². The van der Waals surface area contributed by atoms with Gasteiger partial charge in [-0.3, -0.25) is 4.79 Å². The number of hydrogen-bond donors (Lipinski definition) is 1. The van der Waals surface area contributed by atoms with Crippen LogP contribution in [0.2, 0.25) is 0 Å². The van der Waals surface area contributed by atoms with Gasteiger partial charge in [0.1, 0.15) is 0 Å². The molecule has 0 radical (unpaired) electrons. The van der Waals surface area contributed by atoms with Crippen LogP contribution in [0, 0.1) is 0 Å². The van der Waals surface area contributed by atoms with E-state index in [1.807, 2.05) is 12.1 Å². The SMILES string of the molecule is CC1(Cc2c(-c3ccccc3)[nH]c3ccccc23)CC(=O)c2ccc(-c3cccs3)cc21. The summed E-state index contributed by atoms with van der Waals surface area (Å²) in [5.74, 6) is 0.251. The molecule has 156 valence electrons. The summed E-state index contributed by atoms with van der Waals surface area (Å²) in [7, 11) is 0. The quantitative estimate of drug-likeness (QED) is 0.310. The molecule has 0 saturated carbocycles. The minimum absolute atomic E-state index is 0.242. The molecule has 2 heterocycles. The zero-order valence-electron chi connectivity index (χ0n) is 17.9. The maximum absolute atomic E-state index is 13.0. The third-order valence-electron chi connectivity index (χ3n) is 6.77. The van der Waals surface area contributed by atoms with Gasteiger partial charge in [0.2, 0.25) is 0 Å². The number of rotatable bonds is 4. The third-order valence-corrected chi connectivity index (χ3v) is 7.69. The molecule has 0 amide bonds. The second-order valence-corrected chi connectivity index (χ2v) is 9.91. The van der Waals surface area contributed by atoms with Gasteiger partial charge in [-0.25, -0.2) is 0 Å². The van der Waals surface area contributed by atoms with Gasteiger partial charge in [0.15, 0.2) is 5.78 Å². The summed E-state index contributed by atoms with van der Waals surface area (Å²) in [6.07, 6.45) is 1.36.